The first-order valence-corrected chi connectivity index (χ1v) is 6.21. The smallest absolute Gasteiger partial charge is 0.0615 e. The number of rotatable bonds is 8. The lowest BCUT2D eigenvalue weighted by molar-refractivity contribution is 0.0895. The first-order valence-electron chi connectivity index (χ1n) is 6.21. The Bertz CT molecular complexity index is 181. The molecule has 0 aliphatic rings. The second kappa shape index (κ2) is 7.25. The summed E-state index contributed by atoms with van der Waals surface area (Å²) >= 11 is 0. The molecular formula is C13H30N2O. The molecule has 0 spiro atoms. The van der Waals surface area contributed by atoms with E-state index in [4.69, 9.17) is 4.74 Å². The van der Waals surface area contributed by atoms with Crippen molar-refractivity contribution in [3.05, 3.63) is 0 Å². The van der Waals surface area contributed by atoms with Crippen molar-refractivity contribution >= 4 is 0 Å². The lowest BCUT2D eigenvalue weighted by atomic mass is 9.92. The summed E-state index contributed by atoms with van der Waals surface area (Å²) in [6, 6.07) is 1.03. The first kappa shape index (κ1) is 15.9. The van der Waals surface area contributed by atoms with E-state index in [1.807, 2.05) is 0 Å². The molecule has 0 aliphatic heterocycles. The lowest BCUT2D eigenvalue weighted by Crippen LogP contribution is -2.44. The molecule has 3 heteroatoms. The zero-order valence-corrected chi connectivity index (χ0v) is 12.1. The van der Waals surface area contributed by atoms with E-state index >= 15 is 0 Å². The molecule has 16 heavy (non-hydrogen) atoms. The van der Waals surface area contributed by atoms with E-state index in [2.05, 4.69) is 51.9 Å². The maximum Gasteiger partial charge on any atom is 0.0615 e. The Morgan fingerprint density at radius 3 is 2.25 bits per heavy atom. The molecule has 0 amide bonds. The zero-order valence-electron chi connectivity index (χ0n) is 12.1. The van der Waals surface area contributed by atoms with E-state index in [9.17, 15) is 0 Å². The molecule has 0 aliphatic carbocycles. The SMILES string of the molecule is COCC(C)N(C)CC(C)(C)CNC(C)C. The third-order valence-corrected chi connectivity index (χ3v) is 2.83. The van der Waals surface area contributed by atoms with Gasteiger partial charge in [0.15, 0.2) is 0 Å². The molecule has 1 atom stereocenters. The molecular weight excluding hydrogens is 200 g/mol. The Morgan fingerprint density at radius 1 is 1.25 bits per heavy atom. The molecule has 0 aromatic rings. The number of nitrogens with zero attached hydrogens (tertiary/aromatic N) is 1. The summed E-state index contributed by atoms with van der Waals surface area (Å²) in [6.07, 6.45) is 0. The van der Waals surface area contributed by atoms with Gasteiger partial charge in [0.05, 0.1) is 6.61 Å². The van der Waals surface area contributed by atoms with Crippen LogP contribution in [0.25, 0.3) is 0 Å². The summed E-state index contributed by atoms with van der Waals surface area (Å²) in [5.74, 6) is 0. The molecule has 0 heterocycles. The van der Waals surface area contributed by atoms with Crippen molar-refractivity contribution in [3.63, 3.8) is 0 Å². The Labute approximate surface area is 102 Å². The number of ether oxygens (including phenoxy) is 1. The van der Waals surface area contributed by atoms with E-state index in [1.165, 1.54) is 0 Å². The largest absolute Gasteiger partial charge is 0.383 e. The summed E-state index contributed by atoms with van der Waals surface area (Å²) in [7, 11) is 3.93. The predicted octanol–water partition coefficient (Wildman–Crippen LogP) is 1.98. The quantitative estimate of drug-likeness (QED) is 0.690. The highest BCUT2D eigenvalue weighted by molar-refractivity contribution is 4.78. The van der Waals surface area contributed by atoms with Crippen LogP contribution in [0.1, 0.15) is 34.6 Å². The summed E-state index contributed by atoms with van der Waals surface area (Å²) in [6.45, 7) is 14.1. The van der Waals surface area contributed by atoms with Crippen LogP contribution in [0.15, 0.2) is 0 Å². The molecule has 0 saturated carbocycles. The third-order valence-electron chi connectivity index (χ3n) is 2.83. The van der Waals surface area contributed by atoms with E-state index < -0.39 is 0 Å². The maximum atomic E-state index is 5.18. The molecule has 0 radical (unpaired) electrons. The first-order chi connectivity index (χ1) is 7.28. The Balaban J connectivity index is 4.03. The van der Waals surface area contributed by atoms with Crippen LogP contribution >= 0.6 is 0 Å². The van der Waals surface area contributed by atoms with Crippen LogP contribution in [0.4, 0.5) is 0 Å². The highest BCUT2D eigenvalue weighted by Gasteiger charge is 2.22. The van der Waals surface area contributed by atoms with Gasteiger partial charge in [-0.15, -0.1) is 0 Å². The Hall–Kier alpha value is -0.120. The number of nitrogens with one attached hydrogen (secondary N) is 1. The summed E-state index contributed by atoms with van der Waals surface area (Å²) in [4.78, 5) is 2.37. The van der Waals surface area contributed by atoms with Gasteiger partial charge in [0, 0.05) is 32.3 Å². The zero-order chi connectivity index (χ0) is 12.8. The van der Waals surface area contributed by atoms with Crippen LogP contribution in [0.5, 0.6) is 0 Å². The lowest BCUT2D eigenvalue weighted by Gasteiger charge is -2.34. The van der Waals surface area contributed by atoms with Crippen molar-refractivity contribution in [3.8, 4) is 0 Å². The fourth-order valence-corrected chi connectivity index (χ4v) is 1.74. The van der Waals surface area contributed by atoms with Gasteiger partial charge in [0.1, 0.15) is 0 Å². The number of hydrogen-bond acceptors (Lipinski definition) is 3. The monoisotopic (exact) mass is 230 g/mol. The molecule has 1 N–H and O–H groups in total. The standard InChI is InChI=1S/C13H30N2O/c1-11(2)14-9-13(4,5)10-15(6)12(3)8-16-7/h11-12,14H,8-10H2,1-7H3. The fourth-order valence-electron chi connectivity index (χ4n) is 1.74. The number of hydrogen-bond donors (Lipinski definition) is 1. The van der Waals surface area contributed by atoms with E-state index in [0.717, 1.165) is 19.7 Å². The average Bonchev–Trinajstić information content (AvgIpc) is 2.14. The molecule has 0 fully saturated rings. The fraction of sp³-hybridized carbons (Fsp3) is 1.00. The predicted molar refractivity (Wildman–Crippen MR) is 70.9 cm³/mol. The van der Waals surface area contributed by atoms with Gasteiger partial charge < -0.3 is 15.0 Å². The van der Waals surface area contributed by atoms with Gasteiger partial charge in [-0.2, -0.15) is 0 Å². The van der Waals surface area contributed by atoms with Crippen LogP contribution in [0, 0.1) is 5.41 Å². The molecule has 0 saturated heterocycles. The molecule has 0 bridgehead atoms. The van der Waals surface area contributed by atoms with Gasteiger partial charge in [0.25, 0.3) is 0 Å². The van der Waals surface area contributed by atoms with E-state index in [0.29, 0.717) is 17.5 Å². The van der Waals surface area contributed by atoms with E-state index in [-0.39, 0.29) is 0 Å². The van der Waals surface area contributed by atoms with Crippen molar-refractivity contribution < 1.29 is 4.74 Å². The van der Waals surface area contributed by atoms with Crippen molar-refractivity contribution in [1.82, 2.24) is 10.2 Å². The summed E-state index contributed by atoms with van der Waals surface area (Å²) < 4.78 is 5.18. The topological polar surface area (TPSA) is 24.5 Å². The van der Waals surface area contributed by atoms with Gasteiger partial charge in [-0.1, -0.05) is 27.7 Å². The van der Waals surface area contributed by atoms with Gasteiger partial charge in [-0.25, -0.2) is 0 Å². The summed E-state index contributed by atoms with van der Waals surface area (Å²) in [5, 5.41) is 3.50. The minimum absolute atomic E-state index is 0.293. The van der Waals surface area contributed by atoms with Crippen molar-refractivity contribution in [1.29, 1.82) is 0 Å². The van der Waals surface area contributed by atoms with Gasteiger partial charge in [-0.3, -0.25) is 0 Å². The average molecular weight is 230 g/mol. The second-order valence-electron chi connectivity index (χ2n) is 5.92. The van der Waals surface area contributed by atoms with E-state index in [1.54, 1.807) is 7.11 Å². The Morgan fingerprint density at radius 2 is 1.81 bits per heavy atom. The third kappa shape index (κ3) is 7.20. The minimum atomic E-state index is 0.293. The molecule has 3 nitrogen and oxygen atoms in total. The van der Waals surface area contributed by atoms with Crippen molar-refractivity contribution in [2.75, 3.05) is 33.9 Å². The minimum Gasteiger partial charge on any atom is -0.383 e. The number of methoxy groups -OCH3 is 1. The molecule has 98 valence electrons. The molecule has 0 aromatic carbocycles. The number of likely N-dealkylation sites (N-methyl/N-ethyl adjacent to an activating group) is 1. The normalized spacial score (nSPS) is 14.8. The van der Waals surface area contributed by atoms with Crippen LogP contribution < -0.4 is 5.32 Å². The maximum absolute atomic E-state index is 5.18. The molecule has 0 rings (SSSR count). The van der Waals surface area contributed by atoms with Crippen LogP contribution in [0.3, 0.4) is 0 Å². The van der Waals surface area contributed by atoms with Crippen LogP contribution in [-0.2, 0) is 4.74 Å². The van der Waals surface area contributed by atoms with Gasteiger partial charge >= 0.3 is 0 Å². The Kier molecular flexibility index (Phi) is 7.20. The summed E-state index contributed by atoms with van der Waals surface area (Å²) in [5.41, 5.74) is 0.293. The molecule has 1 unspecified atom stereocenters. The van der Waals surface area contributed by atoms with Crippen molar-refractivity contribution in [2.24, 2.45) is 5.41 Å². The van der Waals surface area contributed by atoms with Crippen LogP contribution in [0.2, 0.25) is 0 Å². The van der Waals surface area contributed by atoms with Gasteiger partial charge in [0.2, 0.25) is 0 Å². The molecule has 0 aromatic heterocycles. The highest BCUT2D eigenvalue weighted by Crippen LogP contribution is 2.16. The van der Waals surface area contributed by atoms with Gasteiger partial charge in [-0.05, 0) is 19.4 Å². The van der Waals surface area contributed by atoms with Crippen molar-refractivity contribution in [2.45, 2.75) is 46.7 Å². The second-order valence-corrected chi connectivity index (χ2v) is 5.92. The van der Waals surface area contributed by atoms with Crippen LogP contribution in [-0.4, -0.2) is 50.8 Å². The highest BCUT2D eigenvalue weighted by atomic mass is 16.5.